The molecule has 0 aliphatic heterocycles. The highest BCUT2D eigenvalue weighted by Crippen LogP contribution is 2.29. The van der Waals surface area contributed by atoms with E-state index in [9.17, 15) is 14.9 Å². The fourth-order valence-corrected chi connectivity index (χ4v) is 4.16. The van der Waals surface area contributed by atoms with Crippen LogP contribution in [0.4, 0.5) is 5.69 Å². The lowest BCUT2D eigenvalue weighted by molar-refractivity contribution is -0.384. The lowest BCUT2D eigenvalue weighted by atomic mass is 10.1. The van der Waals surface area contributed by atoms with Crippen molar-refractivity contribution in [2.24, 2.45) is 0 Å². The van der Waals surface area contributed by atoms with Crippen LogP contribution in [0.2, 0.25) is 0 Å². The van der Waals surface area contributed by atoms with E-state index in [0.29, 0.717) is 22.2 Å². The number of thioether (sulfide) groups is 1. The Bertz CT molecular complexity index is 1430. The van der Waals surface area contributed by atoms with E-state index < -0.39 is 4.92 Å². The normalized spacial score (nSPS) is 10.5. The van der Waals surface area contributed by atoms with Crippen LogP contribution < -0.4 is 15.6 Å². The van der Waals surface area contributed by atoms with Gasteiger partial charge in [0.1, 0.15) is 5.75 Å². The molecular formula is C26H24N6O4S. The molecular weight excluding hydrogens is 492 g/mol. The number of amides is 1. The third-order valence-corrected chi connectivity index (χ3v) is 6.29. The van der Waals surface area contributed by atoms with E-state index in [-0.39, 0.29) is 17.3 Å². The molecule has 11 heteroatoms. The molecule has 3 aromatic carbocycles. The maximum Gasteiger partial charge on any atom is 0.270 e. The third kappa shape index (κ3) is 6.14. The van der Waals surface area contributed by atoms with Crippen molar-refractivity contribution in [3.63, 3.8) is 0 Å². The number of hydrogen-bond acceptors (Lipinski definition) is 8. The van der Waals surface area contributed by atoms with Gasteiger partial charge in [0.25, 0.3) is 5.69 Å². The van der Waals surface area contributed by atoms with Gasteiger partial charge in [-0.25, -0.2) is 0 Å². The van der Waals surface area contributed by atoms with E-state index >= 15 is 0 Å². The molecule has 10 nitrogen and oxygen atoms in total. The predicted molar refractivity (Wildman–Crippen MR) is 142 cm³/mol. The summed E-state index contributed by atoms with van der Waals surface area (Å²) in [6, 6.07) is 21.4. The zero-order chi connectivity index (χ0) is 26.4. The summed E-state index contributed by atoms with van der Waals surface area (Å²) < 4.78 is 7.16. The van der Waals surface area contributed by atoms with Crippen LogP contribution in [0.5, 0.6) is 5.75 Å². The van der Waals surface area contributed by atoms with Crippen LogP contribution in [0.1, 0.15) is 11.1 Å². The van der Waals surface area contributed by atoms with Crippen molar-refractivity contribution in [2.75, 3.05) is 12.9 Å². The van der Waals surface area contributed by atoms with E-state index in [1.54, 1.807) is 19.2 Å². The molecule has 37 heavy (non-hydrogen) atoms. The number of non-ortho nitro benzene ring substituents is 1. The zero-order valence-corrected chi connectivity index (χ0v) is 21.0. The molecule has 2 N–H and O–H groups in total. The van der Waals surface area contributed by atoms with E-state index in [2.05, 4.69) is 27.6 Å². The average Bonchev–Trinajstić information content (AvgIpc) is 3.35. The zero-order valence-electron chi connectivity index (χ0n) is 20.2. The number of methoxy groups -OCH3 is 1. The van der Waals surface area contributed by atoms with Crippen LogP contribution in [0.15, 0.2) is 84.5 Å². The van der Waals surface area contributed by atoms with Crippen molar-refractivity contribution < 1.29 is 14.5 Å². The number of ether oxygens (including phenoxy) is 1. The van der Waals surface area contributed by atoms with Crippen molar-refractivity contribution in [1.29, 1.82) is 0 Å². The Balaban J connectivity index is 1.48. The predicted octanol–water partition coefficient (Wildman–Crippen LogP) is 4.54. The summed E-state index contributed by atoms with van der Waals surface area (Å²) in [6.45, 7) is 5.85. The molecule has 0 fully saturated rings. The number of rotatable bonds is 10. The number of nitrogens with one attached hydrogen (secondary N) is 2. The Morgan fingerprint density at radius 2 is 1.81 bits per heavy atom. The molecule has 0 atom stereocenters. The van der Waals surface area contributed by atoms with Crippen molar-refractivity contribution >= 4 is 29.1 Å². The fraction of sp³-hybridized carbons (Fsp3) is 0.115. The molecule has 0 spiro atoms. The number of benzene rings is 3. The van der Waals surface area contributed by atoms with Gasteiger partial charge in [0, 0.05) is 28.9 Å². The van der Waals surface area contributed by atoms with Crippen LogP contribution in [0, 0.1) is 17.0 Å². The molecule has 4 rings (SSSR count). The van der Waals surface area contributed by atoms with Gasteiger partial charge in [0.15, 0.2) is 11.0 Å². The lowest BCUT2D eigenvalue weighted by Gasteiger charge is -2.12. The van der Waals surface area contributed by atoms with Gasteiger partial charge in [-0.15, -0.1) is 10.2 Å². The topological polar surface area (TPSA) is 124 Å². The molecule has 0 unspecified atom stereocenters. The van der Waals surface area contributed by atoms with Gasteiger partial charge in [-0.1, -0.05) is 60.3 Å². The number of carbonyl (C=O) groups excluding carboxylic acids is 1. The second kappa shape index (κ2) is 11.4. The van der Waals surface area contributed by atoms with Gasteiger partial charge >= 0.3 is 0 Å². The smallest absolute Gasteiger partial charge is 0.270 e. The minimum Gasteiger partial charge on any atom is -0.497 e. The number of nitro benzene ring substituents is 1. The summed E-state index contributed by atoms with van der Waals surface area (Å²) in [5.41, 5.74) is 8.86. The van der Waals surface area contributed by atoms with E-state index in [4.69, 9.17) is 4.74 Å². The maximum atomic E-state index is 12.6. The third-order valence-electron chi connectivity index (χ3n) is 5.36. The lowest BCUT2D eigenvalue weighted by Crippen LogP contribution is -2.37. The minimum absolute atomic E-state index is 0.0391. The largest absolute Gasteiger partial charge is 0.497 e. The van der Waals surface area contributed by atoms with E-state index in [1.165, 1.54) is 23.9 Å². The number of carbonyl (C=O) groups is 1. The van der Waals surface area contributed by atoms with E-state index in [0.717, 1.165) is 22.6 Å². The molecule has 0 bridgehead atoms. The van der Waals surface area contributed by atoms with Crippen LogP contribution in [0.3, 0.4) is 0 Å². The molecule has 1 aromatic heterocycles. The first-order valence-corrected chi connectivity index (χ1v) is 12.1. The Kier molecular flexibility index (Phi) is 7.84. The summed E-state index contributed by atoms with van der Waals surface area (Å²) in [6.07, 6.45) is 0. The summed E-state index contributed by atoms with van der Waals surface area (Å²) in [7, 11) is 1.60. The van der Waals surface area contributed by atoms with Crippen LogP contribution in [-0.2, 0) is 4.79 Å². The summed E-state index contributed by atoms with van der Waals surface area (Å²) in [4.78, 5) is 23.1. The van der Waals surface area contributed by atoms with Crippen molar-refractivity contribution in [3.05, 3.63) is 101 Å². The van der Waals surface area contributed by atoms with E-state index in [1.807, 2.05) is 60.0 Å². The number of nitrogens with zero attached hydrogens (tertiary/aromatic N) is 4. The molecule has 0 radical (unpaired) electrons. The van der Waals surface area contributed by atoms with Crippen molar-refractivity contribution in [1.82, 2.24) is 25.6 Å². The maximum absolute atomic E-state index is 12.6. The summed E-state index contributed by atoms with van der Waals surface area (Å²) in [5.74, 6) is 1.07. The van der Waals surface area contributed by atoms with Gasteiger partial charge in [0.2, 0.25) is 5.91 Å². The number of aryl methyl sites for hydroxylation is 1. The van der Waals surface area contributed by atoms with Gasteiger partial charge < -0.3 is 4.74 Å². The van der Waals surface area contributed by atoms with Crippen molar-refractivity contribution in [3.8, 4) is 22.8 Å². The second-order valence-corrected chi connectivity index (χ2v) is 8.90. The summed E-state index contributed by atoms with van der Waals surface area (Å²) >= 11 is 1.22. The molecule has 4 aromatic rings. The summed E-state index contributed by atoms with van der Waals surface area (Å²) in [5, 5.41) is 20.3. The highest BCUT2D eigenvalue weighted by atomic mass is 32.2. The Morgan fingerprint density at radius 3 is 2.49 bits per heavy atom. The first kappa shape index (κ1) is 25.5. The Hall–Kier alpha value is -4.64. The highest BCUT2D eigenvalue weighted by molar-refractivity contribution is 7.99. The average molecular weight is 517 g/mol. The fourth-order valence-electron chi connectivity index (χ4n) is 3.41. The van der Waals surface area contributed by atoms with Gasteiger partial charge in [-0.05, 0) is 31.2 Å². The first-order chi connectivity index (χ1) is 17.9. The standard InChI is InChI=1S/C26H24N6O4S/c1-17-7-9-19(10-8-17)25-29-30-26(31(25)21-11-13-23(36-3)14-12-21)37-16-24(33)28-27-18(2)20-5-4-6-22(15-20)32(34)35/h4-15,27H,2,16H2,1,3H3,(H,28,33). The first-order valence-electron chi connectivity index (χ1n) is 11.1. The molecule has 0 aliphatic rings. The molecule has 0 saturated heterocycles. The quantitative estimate of drug-likeness (QED) is 0.179. The highest BCUT2D eigenvalue weighted by Gasteiger charge is 2.18. The molecule has 188 valence electrons. The molecule has 0 saturated carbocycles. The Labute approximate surface area is 217 Å². The van der Waals surface area contributed by atoms with Crippen LogP contribution in [-0.4, -0.2) is 38.5 Å². The van der Waals surface area contributed by atoms with Crippen LogP contribution in [0.25, 0.3) is 22.8 Å². The molecule has 1 heterocycles. The number of aromatic nitrogens is 3. The molecule has 0 aliphatic carbocycles. The monoisotopic (exact) mass is 516 g/mol. The Morgan fingerprint density at radius 1 is 1.08 bits per heavy atom. The molecule has 1 amide bonds. The number of hydrogen-bond donors (Lipinski definition) is 2. The van der Waals surface area contributed by atoms with Gasteiger partial charge in [-0.2, -0.15) is 0 Å². The van der Waals surface area contributed by atoms with Crippen molar-refractivity contribution in [2.45, 2.75) is 12.1 Å². The number of nitro groups is 1. The van der Waals surface area contributed by atoms with Gasteiger partial charge in [0.05, 0.1) is 23.5 Å². The van der Waals surface area contributed by atoms with Gasteiger partial charge in [-0.3, -0.25) is 30.3 Å². The second-order valence-electron chi connectivity index (χ2n) is 7.95. The minimum atomic E-state index is -0.490. The SMILES string of the molecule is C=C(NNC(=O)CSc1nnc(-c2ccc(C)cc2)n1-c1ccc(OC)cc1)c1cccc([N+](=O)[O-])c1. The number of hydrazine groups is 1. The van der Waals surface area contributed by atoms with Crippen LogP contribution >= 0.6 is 11.8 Å².